The van der Waals surface area contributed by atoms with Crippen LogP contribution in [0.3, 0.4) is 0 Å². The van der Waals surface area contributed by atoms with Crippen molar-refractivity contribution in [1.82, 2.24) is 29.5 Å². The Labute approximate surface area is 184 Å². The van der Waals surface area contributed by atoms with Gasteiger partial charge >= 0.3 is 0 Å². The van der Waals surface area contributed by atoms with Crippen molar-refractivity contribution < 1.29 is 0 Å². The van der Waals surface area contributed by atoms with Crippen molar-refractivity contribution in [1.29, 1.82) is 5.26 Å². The van der Waals surface area contributed by atoms with E-state index in [-0.39, 0.29) is 0 Å². The minimum Gasteiger partial charge on any atom is -0.383 e. The minimum atomic E-state index is -0.659. The number of aromatic nitrogens is 6. The predicted molar refractivity (Wildman–Crippen MR) is 123 cm³/mol. The third kappa shape index (κ3) is 3.11. The van der Waals surface area contributed by atoms with Crippen molar-refractivity contribution in [2.45, 2.75) is 26.2 Å². The van der Waals surface area contributed by atoms with E-state index in [0.29, 0.717) is 11.5 Å². The number of nitrogens with zero attached hydrogens (tertiary/aromatic N) is 7. The molecule has 0 spiro atoms. The topological polar surface area (TPSA) is 119 Å². The number of nitrogens with two attached hydrogens (primary N) is 1. The van der Waals surface area contributed by atoms with Gasteiger partial charge in [-0.2, -0.15) is 5.26 Å². The van der Waals surface area contributed by atoms with Crippen molar-refractivity contribution >= 4 is 27.9 Å². The summed E-state index contributed by atoms with van der Waals surface area (Å²) in [6.45, 7) is 5.62. The predicted octanol–water partition coefficient (Wildman–Crippen LogP) is 4.12. The van der Waals surface area contributed by atoms with Crippen LogP contribution in [0.15, 0.2) is 55.2 Å². The summed E-state index contributed by atoms with van der Waals surface area (Å²) in [7, 11) is 0. The van der Waals surface area contributed by atoms with Crippen molar-refractivity contribution in [3.8, 4) is 23.0 Å². The van der Waals surface area contributed by atoms with E-state index in [1.54, 1.807) is 24.9 Å². The fourth-order valence-corrected chi connectivity index (χ4v) is 3.59. The summed E-state index contributed by atoms with van der Waals surface area (Å²) in [6.07, 6.45) is 6.95. The lowest BCUT2D eigenvalue weighted by molar-refractivity contribution is 0.659. The third-order valence-electron chi connectivity index (χ3n) is 5.58. The number of anilines is 1. The van der Waals surface area contributed by atoms with E-state index >= 15 is 0 Å². The zero-order valence-electron chi connectivity index (χ0n) is 17.9. The smallest absolute Gasteiger partial charge is 0.126 e. The molecule has 0 fully saturated rings. The molecule has 0 amide bonds. The van der Waals surface area contributed by atoms with Crippen LogP contribution in [0.4, 0.5) is 5.82 Å². The second-order valence-corrected chi connectivity index (χ2v) is 8.24. The second kappa shape index (κ2) is 7.10. The van der Waals surface area contributed by atoms with Crippen molar-refractivity contribution in [3.63, 3.8) is 0 Å². The number of rotatable bonds is 3. The highest BCUT2D eigenvalue weighted by Gasteiger charge is 2.21. The Hall–Kier alpha value is -4.38. The summed E-state index contributed by atoms with van der Waals surface area (Å²) >= 11 is 0. The standard InChI is InChI=1S/C24H20N8/c1-14-8-15(9-29-23(14)26)17-5-6-18-21(31-17)22-19(11-27-18)30-13-32(22)16-4-7-20(28-10-16)24(2,3)12-25/h4-11,13H,1-3H3,(H2,26,29). The molecule has 0 radical (unpaired) electrons. The Balaban J connectivity index is 1.69. The highest BCUT2D eigenvalue weighted by molar-refractivity contribution is 6.01. The number of imidazole rings is 1. The maximum absolute atomic E-state index is 9.38. The highest BCUT2D eigenvalue weighted by atomic mass is 15.1. The number of nitriles is 1. The lowest BCUT2D eigenvalue weighted by Gasteiger charge is -2.15. The van der Waals surface area contributed by atoms with Gasteiger partial charge in [0.1, 0.15) is 28.7 Å². The first-order valence-electron chi connectivity index (χ1n) is 10.1. The largest absolute Gasteiger partial charge is 0.383 e. The molecule has 32 heavy (non-hydrogen) atoms. The molecule has 5 aromatic rings. The fourth-order valence-electron chi connectivity index (χ4n) is 3.59. The van der Waals surface area contributed by atoms with Gasteiger partial charge in [-0.3, -0.25) is 14.5 Å². The van der Waals surface area contributed by atoms with Crippen LogP contribution in [0.2, 0.25) is 0 Å². The van der Waals surface area contributed by atoms with Crippen LogP contribution in [0.25, 0.3) is 39.0 Å². The van der Waals surface area contributed by atoms with Crippen LogP contribution in [0.1, 0.15) is 25.1 Å². The maximum atomic E-state index is 9.38. The Morgan fingerprint density at radius 3 is 2.53 bits per heavy atom. The summed E-state index contributed by atoms with van der Waals surface area (Å²) in [4.78, 5) is 22.7. The molecule has 2 N–H and O–H groups in total. The summed E-state index contributed by atoms with van der Waals surface area (Å²) in [5, 5.41) is 9.38. The average molecular weight is 420 g/mol. The molecule has 0 saturated carbocycles. The van der Waals surface area contributed by atoms with Crippen LogP contribution < -0.4 is 5.73 Å². The van der Waals surface area contributed by atoms with E-state index in [1.165, 1.54) is 0 Å². The van der Waals surface area contributed by atoms with Gasteiger partial charge in [-0.05, 0) is 56.7 Å². The lowest BCUT2D eigenvalue weighted by atomic mass is 9.91. The number of fused-ring (bicyclic) bond motifs is 3. The van der Waals surface area contributed by atoms with Crippen molar-refractivity contribution in [3.05, 3.63) is 66.5 Å². The lowest BCUT2D eigenvalue weighted by Crippen LogP contribution is -2.15. The van der Waals surface area contributed by atoms with Crippen LogP contribution in [0, 0.1) is 18.3 Å². The molecular weight excluding hydrogens is 400 g/mol. The van der Waals surface area contributed by atoms with E-state index in [1.807, 2.05) is 55.7 Å². The molecule has 0 aliphatic heterocycles. The number of nitrogen functional groups attached to an aromatic ring is 1. The van der Waals surface area contributed by atoms with Gasteiger partial charge in [0, 0.05) is 11.8 Å². The van der Waals surface area contributed by atoms with Crippen molar-refractivity contribution in [2.75, 3.05) is 5.73 Å². The first kappa shape index (κ1) is 19.6. The first-order valence-corrected chi connectivity index (χ1v) is 10.1. The summed E-state index contributed by atoms with van der Waals surface area (Å²) in [5.74, 6) is 0.507. The van der Waals surface area contributed by atoms with Gasteiger partial charge in [-0.1, -0.05) is 0 Å². The van der Waals surface area contributed by atoms with E-state index in [2.05, 4.69) is 26.0 Å². The highest BCUT2D eigenvalue weighted by Crippen LogP contribution is 2.28. The average Bonchev–Trinajstić information content (AvgIpc) is 3.25. The molecule has 0 bridgehead atoms. The zero-order chi connectivity index (χ0) is 22.5. The van der Waals surface area contributed by atoms with Crippen LogP contribution >= 0.6 is 0 Å². The normalized spacial score (nSPS) is 11.7. The second-order valence-electron chi connectivity index (χ2n) is 8.24. The molecule has 0 aliphatic rings. The zero-order valence-corrected chi connectivity index (χ0v) is 17.9. The molecule has 156 valence electrons. The monoisotopic (exact) mass is 420 g/mol. The molecule has 5 aromatic heterocycles. The Kier molecular flexibility index (Phi) is 4.34. The molecule has 0 unspecified atom stereocenters. The third-order valence-corrected chi connectivity index (χ3v) is 5.58. The summed E-state index contributed by atoms with van der Waals surface area (Å²) < 4.78 is 1.94. The Morgan fingerprint density at radius 1 is 0.969 bits per heavy atom. The molecule has 0 aromatic carbocycles. The molecule has 5 heterocycles. The van der Waals surface area contributed by atoms with Gasteiger partial charge in [-0.15, -0.1) is 0 Å². The minimum absolute atomic E-state index is 0.507. The van der Waals surface area contributed by atoms with E-state index < -0.39 is 5.41 Å². The van der Waals surface area contributed by atoms with Crippen LogP contribution in [0.5, 0.6) is 0 Å². The van der Waals surface area contributed by atoms with Crippen molar-refractivity contribution in [2.24, 2.45) is 0 Å². The molecule has 5 rings (SSSR count). The van der Waals surface area contributed by atoms with Crippen LogP contribution in [-0.2, 0) is 5.41 Å². The molecular formula is C24H20N8. The number of hydrogen-bond acceptors (Lipinski definition) is 7. The molecule has 8 heteroatoms. The quantitative estimate of drug-likeness (QED) is 0.466. The van der Waals surface area contributed by atoms with Gasteiger partial charge in [-0.25, -0.2) is 15.0 Å². The van der Waals surface area contributed by atoms with Gasteiger partial charge in [0.25, 0.3) is 0 Å². The number of pyridine rings is 4. The maximum Gasteiger partial charge on any atom is 0.126 e. The summed E-state index contributed by atoms with van der Waals surface area (Å²) in [6, 6.07) is 11.9. The summed E-state index contributed by atoms with van der Waals surface area (Å²) in [5.41, 5.74) is 12.4. The SMILES string of the molecule is Cc1cc(-c2ccc3ncc4ncn(-c5ccc(C(C)(C)C#N)nc5)c4c3n2)cnc1N. The van der Waals surface area contributed by atoms with Gasteiger partial charge in [0.2, 0.25) is 0 Å². The Bertz CT molecular complexity index is 1520. The molecule has 8 nitrogen and oxygen atoms in total. The van der Waals surface area contributed by atoms with Gasteiger partial charge in [0.05, 0.1) is 46.5 Å². The van der Waals surface area contributed by atoms with E-state index in [4.69, 9.17) is 10.7 Å². The van der Waals surface area contributed by atoms with E-state index in [9.17, 15) is 5.26 Å². The number of hydrogen-bond donors (Lipinski definition) is 1. The molecule has 0 atom stereocenters. The molecule has 0 saturated heterocycles. The van der Waals surface area contributed by atoms with Crippen LogP contribution in [-0.4, -0.2) is 29.5 Å². The Morgan fingerprint density at radius 2 is 1.81 bits per heavy atom. The molecule has 0 aliphatic carbocycles. The van der Waals surface area contributed by atoms with Gasteiger partial charge in [0.15, 0.2) is 0 Å². The fraction of sp³-hybridized carbons (Fsp3) is 0.167. The number of aryl methyl sites for hydroxylation is 1. The first-order chi connectivity index (χ1) is 15.4. The van der Waals surface area contributed by atoms with Gasteiger partial charge < -0.3 is 5.73 Å². The van der Waals surface area contributed by atoms with E-state index in [0.717, 1.165) is 44.6 Å².